The SMILES string of the molecule is Cc1cc(CO)ccc1N1CCC(C)C1CO. The van der Waals surface area contributed by atoms with Crippen molar-refractivity contribution in [3.63, 3.8) is 0 Å². The van der Waals surface area contributed by atoms with Crippen LogP contribution in [0.15, 0.2) is 18.2 Å². The molecule has 1 fully saturated rings. The zero-order valence-electron chi connectivity index (χ0n) is 10.6. The summed E-state index contributed by atoms with van der Waals surface area (Å²) in [7, 11) is 0. The number of anilines is 1. The van der Waals surface area contributed by atoms with Crippen molar-refractivity contribution in [2.24, 2.45) is 5.92 Å². The van der Waals surface area contributed by atoms with Gasteiger partial charge in [0.1, 0.15) is 0 Å². The van der Waals surface area contributed by atoms with Gasteiger partial charge < -0.3 is 15.1 Å². The fraction of sp³-hybridized carbons (Fsp3) is 0.571. The molecule has 0 aliphatic carbocycles. The van der Waals surface area contributed by atoms with Gasteiger partial charge in [0.25, 0.3) is 0 Å². The molecule has 1 aliphatic heterocycles. The fourth-order valence-corrected chi connectivity index (χ4v) is 2.72. The molecule has 0 spiro atoms. The van der Waals surface area contributed by atoms with Gasteiger partial charge >= 0.3 is 0 Å². The average Bonchev–Trinajstić information content (AvgIpc) is 2.70. The van der Waals surface area contributed by atoms with Crippen molar-refractivity contribution in [1.29, 1.82) is 0 Å². The Labute approximate surface area is 103 Å². The van der Waals surface area contributed by atoms with Gasteiger partial charge in [-0.2, -0.15) is 0 Å². The highest BCUT2D eigenvalue weighted by atomic mass is 16.3. The highest BCUT2D eigenvalue weighted by molar-refractivity contribution is 5.56. The number of benzene rings is 1. The first-order chi connectivity index (χ1) is 8.17. The predicted octanol–water partition coefficient (Wildman–Crippen LogP) is 1.69. The molecule has 0 saturated carbocycles. The van der Waals surface area contributed by atoms with Crippen LogP contribution < -0.4 is 4.90 Å². The van der Waals surface area contributed by atoms with Crippen LogP contribution in [0, 0.1) is 12.8 Å². The second-order valence-electron chi connectivity index (χ2n) is 4.99. The van der Waals surface area contributed by atoms with Gasteiger partial charge in [0.15, 0.2) is 0 Å². The molecule has 1 aliphatic rings. The molecule has 1 saturated heterocycles. The third-order valence-corrected chi connectivity index (χ3v) is 3.82. The summed E-state index contributed by atoms with van der Waals surface area (Å²) in [5.41, 5.74) is 3.30. The lowest BCUT2D eigenvalue weighted by Crippen LogP contribution is -2.35. The Bertz CT molecular complexity index is 392. The van der Waals surface area contributed by atoms with Gasteiger partial charge in [-0.05, 0) is 36.5 Å². The minimum Gasteiger partial charge on any atom is -0.394 e. The van der Waals surface area contributed by atoms with Crippen LogP contribution >= 0.6 is 0 Å². The van der Waals surface area contributed by atoms with E-state index in [2.05, 4.69) is 24.8 Å². The lowest BCUT2D eigenvalue weighted by atomic mass is 10.0. The van der Waals surface area contributed by atoms with Gasteiger partial charge in [-0.3, -0.25) is 0 Å². The van der Waals surface area contributed by atoms with E-state index in [9.17, 15) is 5.11 Å². The normalized spacial score (nSPS) is 24.4. The summed E-state index contributed by atoms with van der Waals surface area (Å²) in [5, 5.41) is 18.6. The Kier molecular flexibility index (Phi) is 3.69. The van der Waals surface area contributed by atoms with Crippen molar-refractivity contribution >= 4 is 5.69 Å². The first-order valence-electron chi connectivity index (χ1n) is 6.25. The molecule has 3 nitrogen and oxygen atoms in total. The van der Waals surface area contributed by atoms with Gasteiger partial charge in [0.05, 0.1) is 19.3 Å². The standard InChI is InChI=1S/C14H21NO2/c1-10-5-6-15(14(10)9-17)13-4-3-12(8-16)7-11(13)2/h3-4,7,10,14,16-17H,5-6,8-9H2,1-2H3. The molecule has 1 aromatic rings. The van der Waals surface area contributed by atoms with E-state index < -0.39 is 0 Å². The first-order valence-corrected chi connectivity index (χ1v) is 6.25. The molecule has 2 N–H and O–H groups in total. The minimum atomic E-state index is 0.0843. The van der Waals surface area contributed by atoms with Gasteiger partial charge in [-0.1, -0.05) is 19.1 Å². The summed E-state index contributed by atoms with van der Waals surface area (Å²) in [6, 6.07) is 6.27. The summed E-state index contributed by atoms with van der Waals surface area (Å²) in [5.74, 6) is 0.539. The van der Waals surface area contributed by atoms with E-state index in [0.717, 1.165) is 18.5 Å². The van der Waals surface area contributed by atoms with Crippen molar-refractivity contribution in [2.75, 3.05) is 18.1 Å². The minimum absolute atomic E-state index is 0.0843. The largest absolute Gasteiger partial charge is 0.394 e. The number of aliphatic hydroxyl groups excluding tert-OH is 2. The Morgan fingerprint density at radius 2 is 2.12 bits per heavy atom. The number of aliphatic hydroxyl groups is 2. The Morgan fingerprint density at radius 1 is 1.35 bits per heavy atom. The lowest BCUT2D eigenvalue weighted by Gasteiger charge is -2.29. The molecule has 94 valence electrons. The van der Waals surface area contributed by atoms with Crippen LogP contribution in [0.2, 0.25) is 0 Å². The van der Waals surface area contributed by atoms with E-state index in [1.54, 1.807) is 0 Å². The maximum Gasteiger partial charge on any atom is 0.0681 e. The molecular weight excluding hydrogens is 214 g/mol. The molecule has 1 heterocycles. The van der Waals surface area contributed by atoms with Crippen molar-refractivity contribution in [3.05, 3.63) is 29.3 Å². The van der Waals surface area contributed by atoms with Crippen LogP contribution in [0.5, 0.6) is 0 Å². The number of rotatable bonds is 3. The summed E-state index contributed by atoms with van der Waals surface area (Å²) in [6.45, 7) is 5.55. The quantitative estimate of drug-likeness (QED) is 0.838. The Morgan fingerprint density at radius 3 is 2.71 bits per heavy atom. The van der Waals surface area contributed by atoms with Crippen molar-refractivity contribution < 1.29 is 10.2 Å². The smallest absolute Gasteiger partial charge is 0.0681 e. The maximum atomic E-state index is 9.48. The number of nitrogens with zero attached hydrogens (tertiary/aromatic N) is 1. The molecule has 2 atom stereocenters. The maximum absolute atomic E-state index is 9.48. The number of aryl methyl sites for hydroxylation is 1. The van der Waals surface area contributed by atoms with Crippen LogP contribution in [0.25, 0.3) is 0 Å². The lowest BCUT2D eigenvalue weighted by molar-refractivity contribution is 0.244. The van der Waals surface area contributed by atoms with Crippen molar-refractivity contribution in [3.8, 4) is 0 Å². The monoisotopic (exact) mass is 235 g/mol. The van der Waals surface area contributed by atoms with Crippen molar-refractivity contribution in [2.45, 2.75) is 32.9 Å². The van der Waals surface area contributed by atoms with E-state index in [4.69, 9.17) is 5.11 Å². The summed E-state index contributed by atoms with van der Waals surface area (Å²) in [6.07, 6.45) is 1.13. The van der Waals surface area contributed by atoms with Gasteiger partial charge in [0, 0.05) is 12.2 Å². The zero-order valence-corrected chi connectivity index (χ0v) is 10.6. The highest BCUT2D eigenvalue weighted by Crippen LogP contribution is 2.31. The Hall–Kier alpha value is -1.06. The molecule has 17 heavy (non-hydrogen) atoms. The molecule has 3 heteroatoms. The van der Waals surface area contributed by atoms with Gasteiger partial charge in [0.2, 0.25) is 0 Å². The highest BCUT2D eigenvalue weighted by Gasteiger charge is 2.31. The number of hydrogen-bond donors (Lipinski definition) is 2. The Balaban J connectivity index is 2.28. The zero-order chi connectivity index (χ0) is 12.4. The first kappa shape index (κ1) is 12.4. The molecule has 0 radical (unpaired) electrons. The summed E-state index contributed by atoms with van der Waals surface area (Å²) < 4.78 is 0. The topological polar surface area (TPSA) is 43.7 Å². The van der Waals surface area contributed by atoms with E-state index >= 15 is 0 Å². The second kappa shape index (κ2) is 5.07. The van der Waals surface area contributed by atoms with E-state index in [1.807, 2.05) is 12.1 Å². The second-order valence-corrected chi connectivity index (χ2v) is 4.99. The van der Waals surface area contributed by atoms with E-state index in [-0.39, 0.29) is 19.3 Å². The van der Waals surface area contributed by atoms with E-state index in [1.165, 1.54) is 11.3 Å². The molecule has 2 rings (SSSR count). The molecule has 0 bridgehead atoms. The molecule has 1 aromatic carbocycles. The third-order valence-electron chi connectivity index (χ3n) is 3.82. The summed E-state index contributed by atoms with van der Waals surface area (Å²) >= 11 is 0. The molecule has 2 unspecified atom stereocenters. The fourth-order valence-electron chi connectivity index (χ4n) is 2.72. The summed E-state index contributed by atoms with van der Waals surface area (Å²) in [4.78, 5) is 2.29. The average molecular weight is 235 g/mol. The van der Waals surface area contributed by atoms with Crippen LogP contribution in [-0.4, -0.2) is 29.4 Å². The predicted molar refractivity (Wildman–Crippen MR) is 69.1 cm³/mol. The van der Waals surface area contributed by atoms with Crippen LogP contribution in [-0.2, 0) is 6.61 Å². The molecule has 0 amide bonds. The van der Waals surface area contributed by atoms with E-state index in [0.29, 0.717) is 5.92 Å². The molecule has 0 aromatic heterocycles. The van der Waals surface area contributed by atoms with Gasteiger partial charge in [-0.25, -0.2) is 0 Å². The van der Waals surface area contributed by atoms with Crippen LogP contribution in [0.3, 0.4) is 0 Å². The van der Waals surface area contributed by atoms with Crippen LogP contribution in [0.4, 0.5) is 5.69 Å². The molecular formula is C14H21NO2. The third kappa shape index (κ3) is 2.31. The van der Waals surface area contributed by atoms with Gasteiger partial charge in [-0.15, -0.1) is 0 Å². The van der Waals surface area contributed by atoms with Crippen LogP contribution in [0.1, 0.15) is 24.5 Å². The van der Waals surface area contributed by atoms with Crippen molar-refractivity contribution in [1.82, 2.24) is 0 Å². The number of hydrogen-bond acceptors (Lipinski definition) is 3.